The predicted octanol–water partition coefficient (Wildman–Crippen LogP) is 1.41. The van der Waals surface area contributed by atoms with Crippen molar-refractivity contribution in [3.63, 3.8) is 0 Å². The van der Waals surface area contributed by atoms with Gasteiger partial charge in [0.2, 0.25) is 0 Å². The second-order valence-electron chi connectivity index (χ2n) is 5.27. The molecule has 18 heavy (non-hydrogen) atoms. The Morgan fingerprint density at radius 3 is 2.00 bits per heavy atom. The summed E-state index contributed by atoms with van der Waals surface area (Å²) in [5.74, 6) is 0. The molecule has 0 amide bonds. The topological polar surface area (TPSA) is 77.8 Å². The molecule has 6 heteroatoms. The average Bonchev–Trinajstić information content (AvgIpc) is 2.14. The van der Waals surface area contributed by atoms with E-state index in [-0.39, 0.29) is 0 Å². The molecule has 0 unspecified atom stereocenters. The van der Waals surface area contributed by atoms with Crippen molar-refractivity contribution in [2.45, 2.75) is 39.5 Å². The maximum absolute atomic E-state index is 8.88. The van der Waals surface area contributed by atoms with Crippen LogP contribution in [0.4, 0.5) is 0 Å². The molecule has 0 aliphatic carbocycles. The molecule has 0 spiro atoms. The van der Waals surface area contributed by atoms with Gasteiger partial charge >= 0.3 is 107 Å². The van der Waals surface area contributed by atoms with E-state index < -0.39 is 7.82 Å². The van der Waals surface area contributed by atoms with Crippen LogP contribution in [0.1, 0.15) is 38.8 Å². The minimum Gasteiger partial charge on any atom is -0.303 e. The van der Waals surface area contributed by atoms with Gasteiger partial charge in [-0.05, 0) is 0 Å². The fraction of sp³-hybridized carbons (Fsp3) is 0.500. The number of hydrogen-bond donors (Lipinski definition) is 3. The summed E-state index contributed by atoms with van der Waals surface area (Å²) in [5.41, 5.74) is 3.31. The van der Waals surface area contributed by atoms with E-state index in [0.717, 1.165) is 34.4 Å². The van der Waals surface area contributed by atoms with E-state index >= 15 is 0 Å². The van der Waals surface area contributed by atoms with Gasteiger partial charge in [0.1, 0.15) is 0 Å². The smallest absolute Gasteiger partial charge is 0.303 e. The van der Waals surface area contributed by atoms with Crippen molar-refractivity contribution in [3.05, 3.63) is 29.3 Å². The zero-order valence-electron chi connectivity index (χ0n) is 11.6. The van der Waals surface area contributed by atoms with Crippen LogP contribution in [0.5, 0.6) is 0 Å². The van der Waals surface area contributed by atoms with Crippen molar-refractivity contribution in [3.8, 4) is 0 Å². The molecule has 0 fully saturated rings. The first-order chi connectivity index (χ1) is 7.95. The Morgan fingerprint density at radius 2 is 1.67 bits per heavy atom. The van der Waals surface area contributed by atoms with Crippen LogP contribution in [0.2, 0.25) is 0 Å². The molecule has 1 rings (SSSR count). The average molecular weight is 282 g/mol. The summed E-state index contributed by atoms with van der Waals surface area (Å²) in [5, 5.41) is 0. The van der Waals surface area contributed by atoms with Gasteiger partial charge < -0.3 is 14.7 Å². The molecule has 0 radical (unpaired) electrons. The van der Waals surface area contributed by atoms with Crippen molar-refractivity contribution < 1.29 is 19.2 Å². The summed E-state index contributed by atoms with van der Waals surface area (Å²) >= 11 is 1.16. The molecule has 0 aromatic heterocycles. The van der Waals surface area contributed by atoms with Crippen molar-refractivity contribution in [2.75, 3.05) is 0 Å². The van der Waals surface area contributed by atoms with Crippen molar-refractivity contribution in [1.82, 2.24) is 0 Å². The summed E-state index contributed by atoms with van der Waals surface area (Å²) in [4.78, 5) is 21.6. The zero-order chi connectivity index (χ0) is 14.6. The van der Waals surface area contributed by atoms with Gasteiger partial charge in [-0.25, -0.2) is 4.57 Å². The minimum atomic E-state index is -4.64. The molecule has 1 aromatic rings. The van der Waals surface area contributed by atoms with Gasteiger partial charge in [-0.15, -0.1) is 0 Å². The van der Waals surface area contributed by atoms with Gasteiger partial charge in [0.05, 0.1) is 0 Å². The quantitative estimate of drug-likeness (QED) is 0.537. The van der Waals surface area contributed by atoms with E-state index in [2.05, 4.69) is 45.9 Å². The number of hydrogen-bond acceptors (Lipinski definition) is 1. The minimum absolute atomic E-state index is 0.308. The molecule has 98 valence electrons. The van der Waals surface area contributed by atoms with Crippen LogP contribution < -0.4 is 2.81 Å². The van der Waals surface area contributed by atoms with Crippen LogP contribution >= 0.6 is 7.82 Å². The van der Waals surface area contributed by atoms with Gasteiger partial charge in [-0.2, -0.15) is 0 Å². The Balaban J connectivity index is 0.000000494. The van der Waals surface area contributed by atoms with E-state index in [1.165, 1.54) is 5.56 Å². The molecule has 0 aliphatic rings. The van der Waals surface area contributed by atoms with E-state index in [0.29, 0.717) is 5.41 Å². The van der Waals surface area contributed by atoms with E-state index in [1.807, 2.05) is 0 Å². The second-order valence-corrected chi connectivity index (χ2v) is 7.37. The maximum atomic E-state index is 8.88. The van der Waals surface area contributed by atoms with E-state index in [9.17, 15) is 0 Å². The molecule has 3 N–H and O–H groups in total. The summed E-state index contributed by atoms with van der Waals surface area (Å²) in [6, 6.07) is 6.94. The third-order valence-electron chi connectivity index (χ3n) is 2.52. The molecule has 0 bridgehead atoms. The third-order valence-corrected chi connectivity index (χ3v) is 3.39. The SMILES string of the molecule is CCc1cc[c]([Na])c(C(C)(C)C)c1.O=P(O)(O)O. The Bertz CT molecular complexity index is 426. The fourth-order valence-electron chi connectivity index (χ4n) is 1.70. The molecular formula is C12H20NaO4P. The zero-order valence-corrected chi connectivity index (χ0v) is 14.5. The summed E-state index contributed by atoms with van der Waals surface area (Å²) < 4.78 is 10.4. The van der Waals surface area contributed by atoms with E-state index in [4.69, 9.17) is 19.2 Å². The standard InChI is InChI=1S/C12H17.Na.H3O4P/c1-5-10-7-6-8-11(9-10)12(2,3)4;;1-5(2,3)4/h6-7,9H,5H2,1-4H3;;(H3,1,2,3,4). The molecule has 0 saturated carbocycles. The van der Waals surface area contributed by atoms with Gasteiger partial charge in [0.15, 0.2) is 0 Å². The summed E-state index contributed by atoms with van der Waals surface area (Å²) in [6.07, 6.45) is 1.14. The first-order valence-corrected chi connectivity index (χ1v) is 8.40. The molecule has 4 nitrogen and oxygen atoms in total. The molecular weight excluding hydrogens is 262 g/mol. The largest absolute Gasteiger partial charge is 0.466 e. The van der Waals surface area contributed by atoms with Crippen LogP contribution in [0.3, 0.4) is 0 Å². The van der Waals surface area contributed by atoms with Crippen molar-refractivity contribution in [1.29, 1.82) is 0 Å². The van der Waals surface area contributed by atoms with Crippen LogP contribution in [0.25, 0.3) is 0 Å². The Hall–Kier alpha value is 0.330. The van der Waals surface area contributed by atoms with Crippen molar-refractivity contribution >= 4 is 38.6 Å². The van der Waals surface area contributed by atoms with Crippen LogP contribution in [0, 0.1) is 0 Å². The van der Waals surface area contributed by atoms with Gasteiger partial charge in [0.25, 0.3) is 0 Å². The summed E-state index contributed by atoms with van der Waals surface area (Å²) in [7, 11) is -4.64. The molecule has 0 saturated heterocycles. The molecule has 0 heterocycles. The van der Waals surface area contributed by atoms with Gasteiger partial charge in [0, 0.05) is 0 Å². The Labute approximate surface area is 126 Å². The number of aryl methyl sites for hydroxylation is 1. The fourth-order valence-corrected chi connectivity index (χ4v) is 2.76. The second kappa shape index (κ2) is 7.20. The Kier molecular flexibility index (Phi) is 7.33. The first-order valence-electron chi connectivity index (χ1n) is 5.83. The molecule has 0 atom stereocenters. The monoisotopic (exact) mass is 282 g/mol. The normalized spacial score (nSPS) is 11.8. The van der Waals surface area contributed by atoms with Gasteiger partial charge in [-0.1, -0.05) is 0 Å². The first kappa shape index (κ1) is 18.3. The number of benzene rings is 1. The summed E-state index contributed by atoms with van der Waals surface area (Å²) in [6.45, 7) is 9.10. The number of rotatable bonds is 1. The predicted molar refractivity (Wildman–Crippen MR) is 74.2 cm³/mol. The maximum Gasteiger partial charge on any atom is 0.466 e. The van der Waals surface area contributed by atoms with Crippen LogP contribution in [-0.2, 0) is 16.4 Å². The Morgan fingerprint density at radius 1 is 1.22 bits per heavy atom. The van der Waals surface area contributed by atoms with Crippen LogP contribution in [-0.4, -0.2) is 42.6 Å². The number of phosphoric acid groups is 1. The van der Waals surface area contributed by atoms with Crippen LogP contribution in [0.15, 0.2) is 18.2 Å². The van der Waals surface area contributed by atoms with Crippen molar-refractivity contribution in [2.24, 2.45) is 0 Å². The van der Waals surface area contributed by atoms with Gasteiger partial charge in [-0.3, -0.25) is 0 Å². The van der Waals surface area contributed by atoms with E-state index in [1.54, 1.807) is 8.38 Å². The third kappa shape index (κ3) is 8.44. The molecule has 1 aromatic carbocycles. The molecule has 0 aliphatic heterocycles.